The number of pyridine rings is 1. The van der Waals surface area contributed by atoms with E-state index in [9.17, 15) is 9.90 Å². The predicted molar refractivity (Wildman–Crippen MR) is 192 cm³/mol. The molecule has 1 N–H and O–H groups in total. The molecule has 0 unspecified atom stereocenters. The second kappa shape index (κ2) is 15.9. The Balaban J connectivity index is 0.000000309. The molecule has 0 bridgehead atoms. The minimum atomic E-state index is 0. The van der Waals surface area contributed by atoms with Crippen LogP contribution in [0.3, 0.4) is 0 Å². The van der Waals surface area contributed by atoms with Crippen molar-refractivity contribution in [3.05, 3.63) is 76.2 Å². The molecule has 6 heteroatoms. The Labute approximate surface area is 293 Å². The van der Waals surface area contributed by atoms with E-state index >= 15 is 0 Å². The second-order valence-electron chi connectivity index (χ2n) is 13.5. The Kier molecular flexibility index (Phi) is 13.0. The van der Waals surface area contributed by atoms with E-state index in [1.165, 1.54) is 42.9 Å². The summed E-state index contributed by atoms with van der Waals surface area (Å²) in [7, 11) is 0. The van der Waals surface area contributed by atoms with Crippen molar-refractivity contribution >= 4 is 48.9 Å². The fraction of sp³-hybridized carbons (Fsp3) is 0.450. The molecular formula is C40H50IrNO3S-. The van der Waals surface area contributed by atoms with Gasteiger partial charge >= 0.3 is 0 Å². The van der Waals surface area contributed by atoms with Crippen molar-refractivity contribution in [2.75, 3.05) is 0 Å². The number of aliphatic hydroxyl groups excluding tert-OH is 1. The maximum atomic E-state index is 11.7. The number of thiophene rings is 1. The third-order valence-electron chi connectivity index (χ3n) is 9.03. The van der Waals surface area contributed by atoms with Crippen LogP contribution in [0.5, 0.6) is 0 Å². The first-order valence-electron chi connectivity index (χ1n) is 16.5. The van der Waals surface area contributed by atoms with E-state index in [0.29, 0.717) is 0 Å². The molecule has 46 heavy (non-hydrogen) atoms. The summed E-state index contributed by atoms with van der Waals surface area (Å²) >= 11 is 1.87. The van der Waals surface area contributed by atoms with E-state index < -0.39 is 0 Å². The van der Waals surface area contributed by atoms with Crippen molar-refractivity contribution in [3.8, 4) is 11.3 Å². The zero-order valence-corrected chi connectivity index (χ0v) is 32.4. The van der Waals surface area contributed by atoms with Gasteiger partial charge in [0.05, 0.1) is 17.1 Å². The van der Waals surface area contributed by atoms with Gasteiger partial charge in [0.25, 0.3) is 0 Å². The number of aromatic nitrogens is 1. The molecule has 5 aromatic rings. The van der Waals surface area contributed by atoms with Crippen molar-refractivity contribution in [1.29, 1.82) is 0 Å². The van der Waals surface area contributed by atoms with E-state index in [1.54, 1.807) is 0 Å². The number of benzene rings is 2. The van der Waals surface area contributed by atoms with Crippen LogP contribution in [-0.2, 0) is 31.3 Å². The van der Waals surface area contributed by atoms with E-state index in [4.69, 9.17) is 9.40 Å². The predicted octanol–water partition coefficient (Wildman–Crippen LogP) is 12.0. The van der Waals surface area contributed by atoms with Crippen LogP contribution in [0, 0.1) is 44.1 Å². The first-order valence-corrected chi connectivity index (χ1v) is 17.3. The zero-order chi connectivity index (χ0) is 33.1. The van der Waals surface area contributed by atoms with Gasteiger partial charge in [-0.3, -0.25) is 9.78 Å². The van der Waals surface area contributed by atoms with Crippen molar-refractivity contribution in [2.45, 2.75) is 101 Å². The molecule has 0 aliphatic heterocycles. The van der Waals surface area contributed by atoms with Crippen LogP contribution in [-0.4, -0.2) is 15.9 Å². The Bertz CT molecular complexity index is 1830. The summed E-state index contributed by atoms with van der Waals surface area (Å²) in [6.45, 7) is 21.4. The molecule has 0 aliphatic carbocycles. The first kappa shape index (κ1) is 37.7. The van der Waals surface area contributed by atoms with Crippen LogP contribution in [0.2, 0.25) is 0 Å². The van der Waals surface area contributed by atoms with Crippen LogP contribution in [0.15, 0.2) is 52.8 Å². The van der Waals surface area contributed by atoms with Crippen LogP contribution in [0.25, 0.3) is 43.1 Å². The van der Waals surface area contributed by atoms with Crippen molar-refractivity contribution in [1.82, 2.24) is 4.98 Å². The van der Waals surface area contributed by atoms with Crippen LogP contribution >= 0.6 is 11.3 Å². The van der Waals surface area contributed by atoms with Gasteiger partial charge in [-0.05, 0) is 86.3 Å². The standard InChI is InChI=1S/C27H26NOS.C13H24O2.Ir/c1-15-17(3)29-25-21(13-18-9-7-8-10-20(18)23(15)25)24-26-19(11-12-28-24)16(2)22(30-26)14-27(4,5)6;1-5-10(6-2)12(14)9-13(15)11(7-3)8-4;/h7-12H,14H2,1-6H3;9-11,14H,5-8H2,1-4H3;/q-1;;/b;12-9-;. The molecule has 5 rings (SSSR count). The maximum absolute atomic E-state index is 11.7. The first-order chi connectivity index (χ1) is 21.3. The average molecular weight is 817 g/mol. The van der Waals surface area contributed by atoms with Gasteiger partial charge in [0.15, 0.2) is 5.78 Å². The molecule has 0 spiro atoms. The number of allylic oxidation sites excluding steroid dienone is 2. The normalized spacial score (nSPS) is 12.2. The molecule has 0 aliphatic rings. The maximum Gasteiger partial charge on any atom is 0.162 e. The Morgan fingerprint density at radius 2 is 1.59 bits per heavy atom. The van der Waals surface area contributed by atoms with E-state index in [0.717, 1.165) is 60.1 Å². The summed E-state index contributed by atoms with van der Waals surface area (Å²) in [4.78, 5) is 18.0. The summed E-state index contributed by atoms with van der Waals surface area (Å²) in [6, 6.07) is 14.2. The third-order valence-corrected chi connectivity index (χ3v) is 10.3. The number of ketones is 1. The quantitative estimate of drug-likeness (QED) is 0.0914. The van der Waals surface area contributed by atoms with Gasteiger partial charge < -0.3 is 9.52 Å². The fourth-order valence-electron chi connectivity index (χ4n) is 6.10. The van der Waals surface area contributed by atoms with Gasteiger partial charge in [0.1, 0.15) is 0 Å². The van der Waals surface area contributed by atoms with Crippen molar-refractivity contribution in [2.24, 2.45) is 17.3 Å². The van der Waals surface area contributed by atoms with Gasteiger partial charge in [-0.1, -0.05) is 77.6 Å². The molecule has 249 valence electrons. The molecule has 0 amide bonds. The molecule has 3 heterocycles. The summed E-state index contributed by atoms with van der Waals surface area (Å²) in [5.74, 6) is 1.50. The molecular weight excluding hydrogens is 767 g/mol. The van der Waals surface area contributed by atoms with Gasteiger partial charge in [-0.2, -0.15) is 0 Å². The minimum absolute atomic E-state index is 0. The smallest absolute Gasteiger partial charge is 0.162 e. The molecule has 0 saturated carbocycles. The average Bonchev–Trinajstić information content (AvgIpc) is 3.48. The fourth-order valence-corrected chi connectivity index (χ4v) is 7.70. The summed E-state index contributed by atoms with van der Waals surface area (Å²) in [5.41, 5.74) is 5.65. The number of carbonyl (C=O) groups is 1. The van der Waals surface area contributed by atoms with Gasteiger partial charge in [-0.15, -0.1) is 28.9 Å². The number of aryl methyl sites for hydroxylation is 3. The van der Waals surface area contributed by atoms with Gasteiger partial charge in [-0.25, -0.2) is 0 Å². The SMILES string of the molecule is CCC(CC)C(=O)/C=C(\O)C(CC)CC.Cc1oc2c(-c3nccc4c(C)c(CC(C)(C)C)sc34)[c-]c3ccccc3c2c1C.[Ir]. The van der Waals surface area contributed by atoms with Gasteiger partial charge in [0.2, 0.25) is 0 Å². The number of hydrogen-bond acceptors (Lipinski definition) is 5. The molecule has 4 nitrogen and oxygen atoms in total. The zero-order valence-electron chi connectivity index (χ0n) is 29.2. The second-order valence-corrected chi connectivity index (χ2v) is 14.6. The molecule has 0 saturated heterocycles. The number of carbonyl (C=O) groups excluding carboxylic acids is 1. The molecule has 0 fully saturated rings. The van der Waals surface area contributed by atoms with E-state index in [1.807, 2.05) is 52.2 Å². The summed E-state index contributed by atoms with van der Waals surface area (Å²) in [5, 5.41) is 14.5. The van der Waals surface area contributed by atoms with E-state index in [-0.39, 0.29) is 48.9 Å². The van der Waals surface area contributed by atoms with Crippen LogP contribution in [0.4, 0.5) is 0 Å². The molecule has 1 radical (unpaired) electrons. The number of fused-ring (bicyclic) bond motifs is 4. The van der Waals surface area contributed by atoms with E-state index in [2.05, 4.69) is 71.0 Å². The molecule has 2 aromatic carbocycles. The minimum Gasteiger partial charge on any atom is -0.512 e. The molecule has 0 atom stereocenters. The van der Waals surface area contributed by atoms with Crippen LogP contribution in [0.1, 0.15) is 95.9 Å². The third kappa shape index (κ3) is 8.01. The number of aliphatic hydroxyl groups is 1. The van der Waals surface area contributed by atoms with Crippen molar-refractivity contribution in [3.63, 3.8) is 0 Å². The molecule has 3 aromatic heterocycles. The summed E-state index contributed by atoms with van der Waals surface area (Å²) in [6.07, 6.45) is 7.90. The number of nitrogens with zero attached hydrogens (tertiary/aromatic N) is 1. The largest absolute Gasteiger partial charge is 0.512 e. The summed E-state index contributed by atoms with van der Waals surface area (Å²) < 4.78 is 7.52. The monoisotopic (exact) mass is 817 g/mol. The van der Waals surface area contributed by atoms with Crippen molar-refractivity contribution < 1.29 is 34.4 Å². The topological polar surface area (TPSA) is 63.3 Å². The number of rotatable bonds is 9. The number of furan rings is 1. The van der Waals surface area contributed by atoms with Gasteiger partial charge in [0, 0.05) is 59.5 Å². The Morgan fingerprint density at radius 1 is 0.957 bits per heavy atom. The van der Waals surface area contributed by atoms with Crippen LogP contribution < -0.4 is 0 Å². The Morgan fingerprint density at radius 3 is 2.20 bits per heavy atom. The number of hydrogen-bond donors (Lipinski definition) is 1. The Hall–Kier alpha value is -2.79.